The molecule has 0 fully saturated rings. The highest BCUT2D eigenvalue weighted by Crippen LogP contribution is 2.22. The smallest absolute Gasteiger partial charge is 0.134 e. The number of ether oxygens (including phenoxy) is 2. The van der Waals surface area contributed by atoms with Gasteiger partial charge in [-0.25, -0.2) is 4.39 Å². The van der Waals surface area contributed by atoms with E-state index in [4.69, 9.17) is 13.9 Å². The summed E-state index contributed by atoms with van der Waals surface area (Å²) in [5.41, 5.74) is 0.858. The standard InChI is InChI=1S/C16H20FNO3/c1-19-11-15(20-2)10-18-9-14-7-8-16(21-14)12-3-5-13(17)6-4-12/h3-8,15,18H,9-11H2,1-2H3. The first kappa shape index (κ1) is 15.7. The van der Waals surface area contributed by atoms with Gasteiger partial charge in [-0.05, 0) is 36.4 Å². The zero-order valence-corrected chi connectivity index (χ0v) is 12.3. The summed E-state index contributed by atoms with van der Waals surface area (Å²) in [6, 6.07) is 10.0. The normalized spacial score (nSPS) is 12.5. The lowest BCUT2D eigenvalue weighted by Crippen LogP contribution is -2.31. The average Bonchev–Trinajstić information content (AvgIpc) is 2.96. The number of hydrogen-bond acceptors (Lipinski definition) is 4. The fraction of sp³-hybridized carbons (Fsp3) is 0.375. The van der Waals surface area contributed by atoms with Crippen LogP contribution in [0.5, 0.6) is 0 Å². The highest BCUT2D eigenvalue weighted by Gasteiger charge is 2.08. The molecule has 0 saturated carbocycles. The molecule has 0 radical (unpaired) electrons. The van der Waals surface area contributed by atoms with Gasteiger partial charge in [-0.15, -0.1) is 0 Å². The van der Waals surface area contributed by atoms with Crippen LogP contribution in [0.2, 0.25) is 0 Å². The van der Waals surface area contributed by atoms with Crippen LogP contribution in [0, 0.1) is 5.82 Å². The highest BCUT2D eigenvalue weighted by atomic mass is 19.1. The fourth-order valence-electron chi connectivity index (χ4n) is 1.99. The largest absolute Gasteiger partial charge is 0.460 e. The molecule has 0 aliphatic carbocycles. The van der Waals surface area contributed by atoms with Crippen molar-refractivity contribution in [1.82, 2.24) is 5.32 Å². The number of benzene rings is 1. The quantitative estimate of drug-likeness (QED) is 0.813. The van der Waals surface area contributed by atoms with Crippen LogP contribution >= 0.6 is 0 Å². The van der Waals surface area contributed by atoms with Gasteiger partial charge in [0, 0.05) is 26.3 Å². The first-order valence-corrected chi connectivity index (χ1v) is 6.80. The van der Waals surface area contributed by atoms with Crippen molar-refractivity contribution in [2.45, 2.75) is 12.6 Å². The number of hydrogen-bond donors (Lipinski definition) is 1. The monoisotopic (exact) mass is 293 g/mol. The van der Waals surface area contributed by atoms with Crippen LogP contribution in [-0.4, -0.2) is 33.5 Å². The zero-order valence-electron chi connectivity index (χ0n) is 12.3. The molecule has 21 heavy (non-hydrogen) atoms. The maximum Gasteiger partial charge on any atom is 0.134 e. The molecule has 1 heterocycles. The van der Waals surface area contributed by atoms with Gasteiger partial charge in [0.15, 0.2) is 0 Å². The van der Waals surface area contributed by atoms with Gasteiger partial charge < -0.3 is 19.2 Å². The lowest BCUT2D eigenvalue weighted by atomic mass is 10.2. The second kappa shape index (κ2) is 7.93. The molecule has 0 aliphatic rings. The van der Waals surface area contributed by atoms with Crippen molar-refractivity contribution < 1.29 is 18.3 Å². The Kier molecular flexibility index (Phi) is 5.92. The summed E-state index contributed by atoms with van der Waals surface area (Å²) in [6.45, 7) is 1.82. The van der Waals surface area contributed by atoms with Crippen LogP contribution < -0.4 is 5.32 Å². The minimum atomic E-state index is -0.254. The van der Waals surface area contributed by atoms with E-state index in [9.17, 15) is 4.39 Å². The van der Waals surface area contributed by atoms with E-state index in [2.05, 4.69) is 5.32 Å². The van der Waals surface area contributed by atoms with E-state index in [1.807, 2.05) is 12.1 Å². The van der Waals surface area contributed by atoms with Crippen LogP contribution in [0.4, 0.5) is 4.39 Å². The van der Waals surface area contributed by atoms with E-state index < -0.39 is 0 Å². The highest BCUT2D eigenvalue weighted by molar-refractivity contribution is 5.57. The Hall–Kier alpha value is -1.69. The number of nitrogens with one attached hydrogen (secondary N) is 1. The summed E-state index contributed by atoms with van der Waals surface area (Å²) in [7, 11) is 3.30. The van der Waals surface area contributed by atoms with E-state index in [1.54, 1.807) is 26.4 Å². The molecule has 0 amide bonds. The van der Waals surface area contributed by atoms with E-state index in [0.29, 0.717) is 19.7 Å². The van der Waals surface area contributed by atoms with E-state index in [-0.39, 0.29) is 11.9 Å². The first-order valence-electron chi connectivity index (χ1n) is 6.80. The Balaban J connectivity index is 1.87. The number of rotatable bonds is 8. The van der Waals surface area contributed by atoms with Crippen LogP contribution in [0.1, 0.15) is 5.76 Å². The van der Waals surface area contributed by atoms with Crippen LogP contribution in [0.25, 0.3) is 11.3 Å². The topological polar surface area (TPSA) is 43.6 Å². The maximum atomic E-state index is 12.9. The molecule has 5 heteroatoms. The SMILES string of the molecule is COCC(CNCc1ccc(-c2ccc(F)cc2)o1)OC. The predicted molar refractivity (Wildman–Crippen MR) is 78.5 cm³/mol. The van der Waals surface area contributed by atoms with Crippen molar-refractivity contribution >= 4 is 0 Å². The summed E-state index contributed by atoms with van der Waals surface area (Å²) in [5.74, 6) is 1.30. The summed E-state index contributed by atoms with van der Waals surface area (Å²) in [4.78, 5) is 0. The molecular weight excluding hydrogens is 273 g/mol. The van der Waals surface area contributed by atoms with Crippen molar-refractivity contribution in [3.63, 3.8) is 0 Å². The van der Waals surface area contributed by atoms with Crippen molar-refractivity contribution in [2.75, 3.05) is 27.4 Å². The summed E-state index contributed by atoms with van der Waals surface area (Å²) in [5, 5.41) is 3.25. The third kappa shape index (κ3) is 4.67. The van der Waals surface area contributed by atoms with Crippen LogP contribution in [-0.2, 0) is 16.0 Å². The van der Waals surface area contributed by atoms with Crippen molar-refractivity contribution in [1.29, 1.82) is 0 Å². The van der Waals surface area contributed by atoms with E-state index in [0.717, 1.165) is 17.1 Å². The molecule has 1 unspecified atom stereocenters. The molecular formula is C16H20FNO3. The lowest BCUT2D eigenvalue weighted by Gasteiger charge is -2.14. The number of furan rings is 1. The molecule has 0 saturated heterocycles. The third-order valence-corrected chi connectivity index (χ3v) is 3.15. The lowest BCUT2D eigenvalue weighted by molar-refractivity contribution is 0.0285. The van der Waals surface area contributed by atoms with Gasteiger partial charge in [-0.2, -0.15) is 0 Å². The summed E-state index contributed by atoms with van der Waals surface area (Å²) in [6.07, 6.45) is 0.0153. The van der Waals surface area contributed by atoms with Crippen LogP contribution in [0.3, 0.4) is 0 Å². The maximum absolute atomic E-state index is 12.9. The second-order valence-electron chi connectivity index (χ2n) is 4.72. The predicted octanol–water partition coefficient (Wildman–Crippen LogP) is 2.84. The Bertz CT molecular complexity index is 539. The third-order valence-electron chi connectivity index (χ3n) is 3.15. The number of halogens is 1. The molecule has 0 aliphatic heterocycles. The molecule has 0 spiro atoms. The molecule has 114 valence electrons. The van der Waals surface area contributed by atoms with Gasteiger partial charge in [0.1, 0.15) is 17.3 Å². The second-order valence-corrected chi connectivity index (χ2v) is 4.72. The van der Waals surface area contributed by atoms with E-state index >= 15 is 0 Å². The molecule has 1 aromatic heterocycles. The van der Waals surface area contributed by atoms with Gasteiger partial charge >= 0.3 is 0 Å². The zero-order chi connectivity index (χ0) is 15.1. The Morgan fingerprint density at radius 1 is 1.14 bits per heavy atom. The van der Waals surface area contributed by atoms with Gasteiger partial charge in [0.2, 0.25) is 0 Å². The summed E-state index contributed by atoms with van der Waals surface area (Å²) >= 11 is 0. The van der Waals surface area contributed by atoms with Gasteiger partial charge in [-0.3, -0.25) is 0 Å². The number of methoxy groups -OCH3 is 2. The average molecular weight is 293 g/mol. The van der Waals surface area contributed by atoms with Gasteiger partial charge in [0.05, 0.1) is 19.3 Å². The summed E-state index contributed by atoms with van der Waals surface area (Å²) < 4.78 is 28.9. The fourth-order valence-corrected chi connectivity index (χ4v) is 1.99. The van der Waals surface area contributed by atoms with E-state index in [1.165, 1.54) is 12.1 Å². The molecule has 4 nitrogen and oxygen atoms in total. The minimum Gasteiger partial charge on any atom is -0.460 e. The van der Waals surface area contributed by atoms with Crippen molar-refractivity contribution in [3.05, 3.63) is 48.0 Å². The van der Waals surface area contributed by atoms with Crippen molar-refractivity contribution in [2.24, 2.45) is 0 Å². The van der Waals surface area contributed by atoms with Crippen LogP contribution in [0.15, 0.2) is 40.8 Å². The van der Waals surface area contributed by atoms with Crippen molar-refractivity contribution in [3.8, 4) is 11.3 Å². The molecule has 1 atom stereocenters. The Morgan fingerprint density at radius 2 is 1.90 bits per heavy atom. The molecule has 0 bridgehead atoms. The molecule has 2 aromatic rings. The van der Waals surface area contributed by atoms with Gasteiger partial charge in [0.25, 0.3) is 0 Å². The molecule has 1 N–H and O–H groups in total. The first-order chi connectivity index (χ1) is 10.2. The minimum absolute atomic E-state index is 0.0153. The Labute approximate surface area is 123 Å². The molecule has 2 rings (SSSR count). The molecule has 1 aromatic carbocycles. The van der Waals surface area contributed by atoms with Gasteiger partial charge in [-0.1, -0.05) is 0 Å². The Morgan fingerprint density at radius 3 is 2.57 bits per heavy atom.